The van der Waals surface area contributed by atoms with Crippen LogP contribution in [0.25, 0.3) is 0 Å². The van der Waals surface area contributed by atoms with Crippen LogP contribution in [0.5, 0.6) is 5.75 Å². The Morgan fingerprint density at radius 1 is 1.00 bits per heavy atom. The van der Waals surface area contributed by atoms with E-state index in [-0.39, 0.29) is 19.1 Å². The third-order valence-electron chi connectivity index (χ3n) is 5.60. The van der Waals surface area contributed by atoms with Gasteiger partial charge in [-0.15, -0.1) is 0 Å². The van der Waals surface area contributed by atoms with Gasteiger partial charge in [-0.2, -0.15) is 0 Å². The number of nitrogens with one attached hydrogen (secondary N) is 1. The molecule has 0 spiro atoms. The summed E-state index contributed by atoms with van der Waals surface area (Å²) in [6, 6.07) is 20.7. The molecule has 1 N–H and O–H groups in total. The minimum atomic E-state index is -0.822. The third kappa shape index (κ3) is 6.67. The van der Waals surface area contributed by atoms with Crippen LogP contribution in [0.15, 0.2) is 72.8 Å². The number of carbonyl (C=O) groups excluding carboxylic acids is 2. The van der Waals surface area contributed by atoms with Gasteiger partial charge < -0.3 is 15.0 Å². The maximum atomic E-state index is 14.5. The highest BCUT2D eigenvalue weighted by Gasteiger charge is 2.31. The van der Waals surface area contributed by atoms with Crippen molar-refractivity contribution in [1.29, 1.82) is 0 Å². The van der Waals surface area contributed by atoms with Crippen LogP contribution in [0.3, 0.4) is 0 Å². The molecule has 3 aromatic carbocycles. The Kier molecular flexibility index (Phi) is 8.79. The lowest BCUT2D eigenvalue weighted by Gasteiger charge is -2.31. The molecule has 0 aliphatic rings. The van der Waals surface area contributed by atoms with Crippen LogP contribution in [0.2, 0.25) is 0 Å². The minimum absolute atomic E-state index is 0.0453. The van der Waals surface area contributed by atoms with Gasteiger partial charge in [-0.05, 0) is 44.0 Å². The summed E-state index contributed by atoms with van der Waals surface area (Å²) in [6.07, 6.45) is 0.302. The summed E-state index contributed by atoms with van der Waals surface area (Å²) in [5.74, 6) is -0.509. The molecule has 0 fully saturated rings. The lowest BCUT2D eigenvalue weighted by Crippen LogP contribution is -2.51. The molecule has 0 aliphatic carbocycles. The van der Waals surface area contributed by atoms with E-state index in [1.165, 1.54) is 11.0 Å². The first-order chi connectivity index (χ1) is 16.4. The zero-order valence-corrected chi connectivity index (χ0v) is 19.9. The second kappa shape index (κ2) is 12.0. The van der Waals surface area contributed by atoms with Gasteiger partial charge in [0.25, 0.3) is 5.91 Å². The first-order valence-electron chi connectivity index (χ1n) is 11.4. The van der Waals surface area contributed by atoms with Crippen molar-refractivity contribution in [2.24, 2.45) is 0 Å². The molecule has 0 unspecified atom stereocenters. The first-order valence-corrected chi connectivity index (χ1v) is 11.4. The normalized spacial score (nSPS) is 11.5. The van der Waals surface area contributed by atoms with Crippen molar-refractivity contribution in [2.75, 3.05) is 13.2 Å². The van der Waals surface area contributed by atoms with Crippen molar-refractivity contribution in [3.63, 3.8) is 0 Å². The molecule has 0 aromatic heterocycles. The molecule has 34 heavy (non-hydrogen) atoms. The first kappa shape index (κ1) is 25.0. The number of aryl methyl sites for hydroxylation is 2. The van der Waals surface area contributed by atoms with Crippen molar-refractivity contribution in [1.82, 2.24) is 10.2 Å². The van der Waals surface area contributed by atoms with Crippen LogP contribution in [-0.4, -0.2) is 35.9 Å². The highest BCUT2D eigenvalue weighted by atomic mass is 19.1. The summed E-state index contributed by atoms with van der Waals surface area (Å²) in [6.45, 7) is 5.84. The molecule has 2 amide bonds. The molecule has 6 heteroatoms. The van der Waals surface area contributed by atoms with E-state index in [1.807, 2.05) is 69.3 Å². The zero-order valence-electron chi connectivity index (χ0n) is 19.9. The zero-order chi connectivity index (χ0) is 24.5. The number of likely N-dealkylation sites (N-methyl/N-ethyl adjacent to an activating group) is 1. The topological polar surface area (TPSA) is 58.6 Å². The van der Waals surface area contributed by atoms with Crippen LogP contribution in [-0.2, 0) is 22.6 Å². The lowest BCUT2D eigenvalue weighted by molar-refractivity contribution is -0.142. The fraction of sp³-hybridized carbons (Fsp3) is 0.286. The Morgan fingerprint density at radius 2 is 1.71 bits per heavy atom. The molecular weight excluding hydrogens is 431 g/mol. The van der Waals surface area contributed by atoms with E-state index in [9.17, 15) is 14.0 Å². The van der Waals surface area contributed by atoms with E-state index >= 15 is 0 Å². The van der Waals surface area contributed by atoms with Crippen molar-refractivity contribution in [3.05, 3.63) is 101 Å². The standard InChI is InChI=1S/C28H31FN2O3/c1-4-30-28(33)25(17-22-10-6-5-7-11-22)31(18-23-12-8-9-13-24(23)29)27(32)19-34-26-15-14-20(2)16-21(26)3/h5-16,25H,4,17-19H2,1-3H3,(H,30,33)/t25-/m0/s1. The summed E-state index contributed by atoms with van der Waals surface area (Å²) >= 11 is 0. The summed E-state index contributed by atoms with van der Waals surface area (Å²) < 4.78 is 20.4. The fourth-order valence-corrected chi connectivity index (χ4v) is 3.84. The predicted molar refractivity (Wildman–Crippen MR) is 131 cm³/mol. The van der Waals surface area contributed by atoms with Gasteiger partial charge in [0.15, 0.2) is 6.61 Å². The summed E-state index contributed by atoms with van der Waals surface area (Å²) in [5.41, 5.74) is 3.25. The lowest BCUT2D eigenvalue weighted by atomic mass is 10.0. The average Bonchev–Trinajstić information content (AvgIpc) is 2.82. The summed E-state index contributed by atoms with van der Waals surface area (Å²) in [5, 5.41) is 2.82. The van der Waals surface area contributed by atoms with Gasteiger partial charge in [0.1, 0.15) is 17.6 Å². The van der Waals surface area contributed by atoms with Gasteiger partial charge in [0, 0.05) is 25.1 Å². The highest BCUT2D eigenvalue weighted by Crippen LogP contribution is 2.20. The number of ether oxygens (including phenoxy) is 1. The average molecular weight is 463 g/mol. The van der Waals surface area contributed by atoms with Crippen LogP contribution < -0.4 is 10.1 Å². The van der Waals surface area contributed by atoms with Gasteiger partial charge in [0.2, 0.25) is 5.91 Å². The molecule has 0 heterocycles. The molecule has 3 aromatic rings. The van der Waals surface area contributed by atoms with Crippen molar-refractivity contribution < 1.29 is 18.7 Å². The SMILES string of the molecule is CCNC(=O)[C@H](Cc1ccccc1)N(Cc1ccccc1F)C(=O)COc1ccc(C)cc1C. The van der Waals surface area contributed by atoms with Gasteiger partial charge in [0.05, 0.1) is 0 Å². The fourth-order valence-electron chi connectivity index (χ4n) is 3.84. The molecular formula is C28H31FN2O3. The number of carbonyl (C=O) groups is 2. The second-order valence-electron chi connectivity index (χ2n) is 8.27. The maximum Gasteiger partial charge on any atom is 0.261 e. The largest absolute Gasteiger partial charge is 0.483 e. The number of rotatable bonds is 10. The van der Waals surface area contributed by atoms with Crippen LogP contribution in [0.4, 0.5) is 4.39 Å². The van der Waals surface area contributed by atoms with Gasteiger partial charge in [-0.25, -0.2) is 4.39 Å². The Labute approximate surface area is 200 Å². The molecule has 0 saturated carbocycles. The number of hydrogen-bond donors (Lipinski definition) is 1. The summed E-state index contributed by atoms with van der Waals surface area (Å²) in [7, 11) is 0. The van der Waals surface area contributed by atoms with E-state index in [2.05, 4.69) is 5.32 Å². The van der Waals surface area contributed by atoms with Crippen molar-refractivity contribution >= 4 is 11.8 Å². The molecule has 1 atom stereocenters. The molecule has 0 radical (unpaired) electrons. The predicted octanol–water partition coefficient (Wildman–Crippen LogP) is 4.60. The molecule has 0 bridgehead atoms. The van der Waals surface area contributed by atoms with E-state index in [0.29, 0.717) is 24.3 Å². The van der Waals surface area contributed by atoms with Crippen LogP contribution >= 0.6 is 0 Å². The number of benzene rings is 3. The Balaban J connectivity index is 1.91. The van der Waals surface area contributed by atoms with Gasteiger partial charge in [-0.1, -0.05) is 66.2 Å². The van der Waals surface area contributed by atoms with E-state index in [1.54, 1.807) is 18.2 Å². The Hall–Kier alpha value is -3.67. The third-order valence-corrected chi connectivity index (χ3v) is 5.60. The number of nitrogens with zero attached hydrogens (tertiary/aromatic N) is 1. The maximum absolute atomic E-state index is 14.5. The van der Waals surface area contributed by atoms with E-state index in [4.69, 9.17) is 4.74 Å². The molecule has 0 aliphatic heterocycles. The summed E-state index contributed by atoms with van der Waals surface area (Å²) in [4.78, 5) is 28.0. The van der Waals surface area contributed by atoms with Gasteiger partial charge in [-0.3, -0.25) is 9.59 Å². The van der Waals surface area contributed by atoms with Gasteiger partial charge >= 0.3 is 0 Å². The van der Waals surface area contributed by atoms with Crippen LogP contribution in [0, 0.1) is 19.7 Å². The second-order valence-corrected chi connectivity index (χ2v) is 8.27. The van der Waals surface area contributed by atoms with Crippen molar-refractivity contribution in [3.8, 4) is 5.75 Å². The smallest absolute Gasteiger partial charge is 0.261 e. The molecule has 5 nitrogen and oxygen atoms in total. The Morgan fingerprint density at radius 3 is 2.38 bits per heavy atom. The number of hydrogen-bond acceptors (Lipinski definition) is 3. The van der Waals surface area contributed by atoms with Crippen LogP contribution in [0.1, 0.15) is 29.2 Å². The number of halogens is 1. The molecule has 3 rings (SSSR count). The molecule has 0 saturated heterocycles. The van der Waals surface area contributed by atoms with E-state index < -0.39 is 17.8 Å². The minimum Gasteiger partial charge on any atom is -0.483 e. The van der Waals surface area contributed by atoms with E-state index in [0.717, 1.165) is 16.7 Å². The molecule has 178 valence electrons. The Bertz CT molecular complexity index is 1120. The van der Waals surface area contributed by atoms with Crippen molar-refractivity contribution in [2.45, 2.75) is 39.8 Å². The quantitative estimate of drug-likeness (QED) is 0.479. The monoisotopic (exact) mass is 462 g/mol. The highest BCUT2D eigenvalue weighted by molar-refractivity contribution is 5.88. The number of amides is 2.